The second-order valence-electron chi connectivity index (χ2n) is 6.93. The van der Waals surface area contributed by atoms with Gasteiger partial charge in [-0.1, -0.05) is 19.3 Å². The van der Waals surface area contributed by atoms with E-state index in [0.717, 1.165) is 24.2 Å². The fraction of sp³-hybridized carbons (Fsp3) is 0.529. The number of carbonyl (C=O) groups excluding carboxylic acids is 2. The molecule has 26 heavy (non-hydrogen) atoms. The van der Waals surface area contributed by atoms with Crippen molar-refractivity contribution in [3.8, 4) is 5.75 Å². The lowest BCUT2D eigenvalue weighted by molar-refractivity contribution is -0.385. The molecular weight excluding hydrogens is 342 g/mol. The van der Waals surface area contributed by atoms with Crippen molar-refractivity contribution >= 4 is 17.6 Å². The Morgan fingerprint density at radius 1 is 1.23 bits per heavy atom. The van der Waals surface area contributed by atoms with E-state index in [0.29, 0.717) is 29.7 Å². The van der Waals surface area contributed by atoms with Crippen molar-refractivity contribution in [2.24, 2.45) is 0 Å². The molecule has 9 heteroatoms. The summed E-state index contributed by atoms with van der Waals surface area (Å²) in [6.45, 7) is 0.159. The molecule has 2 heterocycles. The van der Waals surface area contributed by atoms with Crippen LogP contribution in [0.5, 0.6) is 5.75 Å². The molecule has 4 rings (SSSR count). The van der Waals surface area contributed by atoms with Crippen LogP contribution in [0.15, 0.2) is 12.1 Å². The average molecular weight is 361 g/mol. The molecule has 1 aliphatic carbocycles. The highest BCUT2D eigenvalue weighted by Gasteiger charge is 2.51. The lowest BCUT2D eigenvalue weighted by Crippen LogP contribution is -2.48. The summed E-state index contributed by atoms with van der Waals surface area (Å²) in [5, 5.41) is 14.1. The number of nitrogens with zero attached hydrogens (tertiary/aromatic N) is 2. The molecule has 0 unspecified atom stereocenters. The number of non-ortho nitro benzene ring substituents is 1. The highest BCUT2D eigenvalue weighted by atomic mass is 16.7. The number of urea groups is 1. The molecule has 0 aromatic heterocycles. The van der Waals surface area contributed by atoms with Gasteiger partial charge in [-0.25, -0.2) is 4.79 Å². The zero-order valence-electron chi connectivity index (χ0n) is 14.2. The van der Waals surface area contributed by atoms with Crippen LogP contribution in [0.4, 0.5) is 10.5 Å². The van der Waals surface area contributed by atoms with Crippen molar-refractivity contribution in [1.82, 2.24) is 10.2 Å². The van der Waals surface area contributed by atoms with Crippen molar-refractivity contribution in [1.29, 1.82) is 0 Å². The normalized spacial score (nSPS) is 21.3. The summed E-state index contributed by atoms with van der Waals surface area (Å²) < 4.78 is 10.7. The van der Waals surface area contributed by atoms with Gasteiger partial charge in [-0.15, -0.1) is 0 Å². The van der Waals surface area contributed by atoms with E-state index in [1.54, 1.807) is 0 Å². The third-order valence-corrected chi connectivity index (χ3v) is 5.26. The predicted molar refractivity (Wildman–Crippen MR) is 88.3 cm³/mol. The summed E-state index contributed by atoms with van der Waals surface area (Å²) in [6, 6.07) is 2.30. The maximum absolute atomic E-state index is 12.9. The fourth-order valence-electron chi connectivity index (χ4n) is 3.99. The molecule has 2 aliphatic heterocycles. The van der Waals surface area contributed by atoms with E-state index < -0.39 is 16.5 Å². The zero-order valence-corrected chi connectivity index (χ0v) is 14.2. The number of nitro groups is 1. The van der Waals surface area contributed by atoms with Gasteiger partial charge in [0, 0.05) is 23.3 Å². The molecule has 1 saturated heterocycles. The van der Waals surface area contributed by atoms with Gasteiger partial charge in [0.25, 0.3) is 11.6 Å². The Morgan fingerprint density at radius 2 is 2.00 bits per heavy atom. The van der Waals surface area contributed by atoms with Crippen LogP contribution >= 0.6 is 0 Å². The summed E-state index contributed by atoms with van der Waals surface area (Å²) >= 11 is 0. The largest absolute Gasteiger partial charge is 0.467 e. The molecular formula is C17H19N3O6. The van der Waals surface area contributed by atoms with Crippen molar-refractivity contribution < 1.29 is 24.0 Å². The van der Waals surface area contributed by atoms with E-state index in [2.05, 4.69) is 5.32 Å². The molecule has 1 aromatic rings. The van der Waals surface area contributed by atoms with E-state index >= 15 is 0 Å². The number of nitro benzene ring substituents is 1. The summed E-state index contributed by atoms with van der Waals surface area (Å²) in [4.78, 5) is 37.2. The summed E-state index contributed by atoms with van der Waals surface area (Å²) in [7, 11) is 0. The highest BCUT2D eigenvalue weighted by Crippen LogP contribution is 2.37. The minimum atomic E-state index is -0.819. The predicted octanol–water partition coefficient (Wildman–Crippen LogP) is 2.22. The third-order valence-electron chi connectivity index (χ3n) is 5.26. The van der Waals surface area contributed by atoms with Crippen molar-refractivity contribution in [2.45, 2.75) is 50.8 Å². The molecule has 1 aromatic carbocycles. The van der Waals surface area contributed by atoms with Gasteiger partial charge in [0.05, 0.1) is 18.1 Å². The standard InChI is InChI=1S/C17H19N3O6/c21-15-17(4-2-1-3-5-17)18-16(22)19(15)8-11-6-13(20(23)24)7-12-9-25-10-26-14(11)12/h6-7H,1-5,8-10H2,(H,18,22). The summed E-state index contributed by atoms with van der Waals surface area (Å²) in [5.74, 6) is 0.196. The zero-order chi connectivity index (χ0) is 18.3. The molecule has 138 valence electrons. The second kappa shape index (κ2) is 6.24. The molecule has 3 aliphatic rings. The number of benzene rings is 1. The summed E-state index contributed by atoms with van der Waals surface area (Å²) in [6.07, 6.45) is 4.10. The molecule has 0 bridgehead atoms. The van der Waals surface area contributed by atoms with Gasteiger partial charge in [0.2, 0.25) is 0 Å². The van der Waals surface area contributed by atoms with Crippen LogP contribution in [0, 0.1) is 10.1 Å². The number of hydrogen-bond acceptors (Lipinski definition) is 6. The smallest absolute Gasteiger partial charge is 0.325 e. The Bertz CT molecular complexity index is 787. The Hall–Kier alpha value is -2.68. The number of ether oxygens (including phenoxy) is 2. The van der Waals surface area contributed by atoms with Crippen molar-refractivity contribution in [2.75, 3.05) is 6.79 Å². The van der Waals surface area contributed by atoms with Crippen LogP contribution in [0.2, 0.25) is 0 Å². The maximum atomic E-state index is 12.9. The third kappa shape index (κ3) is 2.68. The second-order valence-corrected chi connectivity index (χ2v) is 6.93. The summed E-state index contributed by atoms with van der Waals surface area (Å²) in [5.41, 5.74) is 0.0427. The van der Waals surface area contributed by atoms with Crippen LogP contribution in [0.3, 0.4) is 0 Å². The quantitative estimate of drug-likeness (QED) is 0.502. The number of carbonyl (C=O) groups is 2. The van der Waals surface area contributed by atoms with Crippen LogP contribution < -0.4 is 10.1 Å². The van der Waals surface area contributed by atoms with Crippen molar-refractivity contribution in [3.05, 3.63) is 33.4 Å². The van der Waals surface area contributed by atoms with Crippen LogP contribution in [0.25, 0.3) is 0 Å². The van der Waals surface area contributed by atoms with Gasteiger partial charge < -0.3 is 14.8 Å². The van der Waals surface area contributed by atoms with E-state index in [-0.39, 0.29) is 31.5 Å². The van der Waals surface area contributed by atoms with E-state index in [1.807, 2.05) is 0 Å². The Kier molecular flexibility index (Phi) is 4.03. The van der Waals surface area contributed by atoms with Gasteiger partial charge in [-0.3, -0.25) is 19.8 Å². The number of rotatable bonds is 3. The first-order valence-electron chi connectivity index (χ1n) is 8.65. The molecule has 0 radical (unpaired) electrons. The first kappa shape index (κ1) is 16.8. The van der Waals surface area contributed by atoms with Crippen molar-refractivity contribution in [3.63, 3.8) is 0 Å². The van der Waals surface area contributed by atoms with Gasteiger partial charge in [0.1, 0.15) is 11.3 Å². The fourth-order valence-corrected chi connectivity index (χ4v) is 3.99. The molecule has 1 N–H and O–H groups in total. The molecule has 9 nitrogen and oxygen atoms in total. The molecule has 3 amide bonds. The number of nitrogens with one attached hydrogen (secondary N) is 1. The number of amides is 3. The minimum absolute atomic E-state index is 0.0297. The van der Waals surface area contributed by atoms with Gasteiger partial charge >= 0.3 is 6.03 Å². The average Bonchev–Trinajstić information content (AvgIpc) is 2.86. The maximum Gasteiger partial charge on any atom is 0.325 e. The Morgan fingerprint density at radius 3 is 2.73 bits per heavy atom. The lowest BCUT2D eigenvalue weighted by atomic mass is 9.82. The van der Waals surface area contributed by atoms with Gasteiger partial charge in [0.15, 0.2) is 6.79 Å². The van der Waals surface area contributed by atoms with Crippen LogP contribution in [-0.4, -0.2) is 34.1 Å². The number of imide groups is 1. The van der Waals surface area contributed by atoms with Crippen LogP contribution in [0.1, 0.15) is 43.2 Å². The van der Waals surface area contributed by atoms with Gasteiger partial charge in [-0.2, -0.15) is 0 Å². The van der Waals surface area contributed by atoms with Gasteiger partial charge in [-0.05, 0) is 12.8 Å². The van der Waals surface area contributed by atoms with E-state index in [9.17, 15) is 19.7 Å². The first-order chi connectivity index (χ1) is 12.5. The monoisotopic (exact) mass is 361 g/mol. The first-order valence-corrected chi connectivity index (χ1v) is 8.65. The minimum Gasteiger partial charge on any atom is -0.467 e. The molecule has 0 atom stereocenters. The Balaban J connectivity index is 1.66. The van der Waals surface area contributed by atoms with Crippen LogP contribution in [-0.2, 0) is 22.7 Å². The molecule has 1 spiro atoms. The van der Waals surface area contributed by atoms with E-state index in [1.165, 1.54) is 12.1 Å². The topological polar surface area (TPSA) is 111 Å². The molecule has 2 fully saturated rings. The number of hydrogen-bond donors (Lipinski definition) is 1. The molecule has 1 saturated carbocycles. The Labute approximate surface area is 149 Å². The number of fused-ring (bicyclic) bond motifs is 1. The van der Waals surface area contributed by atoms with E-state index in [4.69, 9.17) is 9.47 Å². The highest BCUT2D eigenvalue weighted by molar-refractivity contribution is 6.07. The SMILES string of the molecule is O=C1NC2(CCCCC2)C(=O)N1Cc1cc([N+](=O)[O-])cc2c1OCOC2. The lowest BCUT2D eigenvalue weighted by Gasteiger charge is -2.30.